The van der Waals surface area contributed by atoms with Crippen molar-refractivity contribution in [2.24, 2.45) is 0 Å². The summed E-state index contributed by atoms with van der Waals surface area (Å²) in [5.74, 6) is 6.75. The molecule has 2 heteroatoms. The van der Waals surface area contributed by atoms with Crippen LogP contribution in [0.2, 0.25) is 0 Å². The zero-order chi connectivity index (χ0) is 21.2. The first-order valence-corrected chi connectivity index (χ1v) is 10.7. The van der Waals surface area contributed by atoms with Gasteiger partial charge in [-0.2, -0.15) is 0 Å². The number of hydrogen-bond donors (Lipinski definition) is 0. The van der Waals surface area contributed by atoms with E-state index in [1.54, 1.807) is 0 Å². The first-order valence-electron chi connectivity index (χ1n) is 10.7. The third-order valence-electron chi connectivity index (χ3n) is 5.05. The average molecular weight is 397 g/mol. The van der Waals surface area contributed by atoms with Crippen molar-refractivity contribution in [3.05, 3.63) is 95.6 Å². The van der Waals surface area contributed by atoms with Gasteiger partial charge in [0.25, 0.3) is 0 Å². The number of ether oxygens (including phenoxy) is 1. The quantitative estimate of drug-likeness (QED) is 0.322. The second-order valence-corrected chi connectivity index (χ2v) is 7.25. The third-order valence-corrected chi connectivity index (χ3v) is 5.05. The Morgan fingerprint density at radius 1 is 0.867 bits per heavy atom. The highest BCUT2D eigenvalue weighted by atomic mass is 16.5. The summed E-state index contributed by atoms with van der Waals surface area (Å²) in [5, 5.41) is 0. The van der Waals surface area contributed by atoms with Crippen molar-refractivity contribution in [3.63, 3.8) is 0 Å². The van der Waals surface area contributed by atoms with E-state index >= 15 is 0 Å². The van der Waals surface area contributed by atoms with Crippen LogP contribution in [0.5, 0.6) is 0 Å². The van der Waals surface area contributed by atoms with Crippen LogP contribution in [0.1, 0.15) is 60.5 Å². The molecule has 0 heterocycles. The minimum absolute atomic E-state index is 0.227. The minimum Gasteiger partial charge on any atom is -0.462 e. The molecule has 30 heavy (non-hydrogen) atoms. The van der Waals surface area contributed by atoms with Gasteiger partial charge < -0.3 is 4.74 Å². The Bertz CT molecular complexity index is 991. The first-order chi connectivity index (χ1) is 14.7. The van der Waals surface area contributed by atoms with Gasteiger partial charge in [0.2, 0.25) is 0 Å². The van der Waals surface area contributed by atoms with Crippen molar-refractivity contribution >= 4 is 5.97 Å². The summed E-state index contributed by atoms with van der Waals surface area (Å²) in [6, 6.07) is 26.3. The summed E-state index contributed by atoms with van der Waals surface area (Å²) in [7, 11) is 0. The molecule has 0 spiro atoms. The minimum atomic E-state index is -0.282. The molecule has 152 valence electrons. The van der Waals surface area contributed by atoms with E-state index in [1.165, 1.54) is 5.56 Å². The van der Waals surface area contributed by atoms with Crippen LogP contribution in [0, 0.1) is 11.8 Å². The highest BCUT2D eigenvalue weighted by molar-refractivity contribution is 5.90. The molecule has 0 bridgehead atoms. The van der Waals surface area contributed by atoms with Crippen LogP contribution in [0.25, 0.3) is 11.1 Å². The summed E-state index contributed by atoms with van der Waals surface area (Å²) in [6.45, 7) is 4.41. The van der Waals surface area contributed by atoms with Gasteiger partial charge in [-0.1, -0.05) is 86.2 Å². The Hall–Kier alpha value is -3.31. The molecule has 3 aromatic carbocycles. The van der Waals surface area contributed by atoms with Gasteiger partial charge in [-0.3, -0.25) is 0 Å². The number of unbranched alkanes of at least 4 members (excludes halogenated alkanes) is 1. The van der Waals surface area contributed by atoms with Crippen molar-refractivity contribution in [2.75, 3.05) is 6.61 Å². The number of esters is 1. The first kappa shape index (κ1) is 21.4. The number of carbonyl (C=O) groups is 1. The molecule has 1 atom stereocenters. The number of hydrogen-bond acceptors (Lipinski definition) is 2. The Balaban J connectivity index is 1.78. The van der Waals surface area contributed by atoms with Gasteiger partial charge in [0.05, 0.1) is 12.2 Å². The zero-order valence-corrected chi connectivity index (χ0v) is 17.7. The smallest absolute Gasteiger partial charge is 0.338 e. The van der Waals surface area contributed by atoms with Gasteiger partial charge in [0.15, 0.2) is 0 Å². The SMILES string of the molecule is CCCC[C@@H](C#Cc1ccccc1)c1ccc(-c2ccc(C(=O)OCC)cc2)cc1. The maximum Gasteiger partial charge on any atom is 0.338 e. The number of rotatable bonds is 7. The van der Waals surface area contributed by atoms with Crippen LogP contribution in [0.4, 0.5) is 0 Å². The Morgan fingerprint density at radius 3 is 2.10 bits per heavy atom. The van der Waals surface area contributed by atoms with E-state index in [-0.39, 0.29) is 11.9 Å². The largest absolute Gasteiger partial charge is 0.462 e. The molecule has 0 aliphatic heterocycles. The van der Waals surface area contributed by atoms with E-state index in [4.69, 9.17) is 4.74 Å². The van der Waals surface area contributed by atoms with Gasteiger partial charge in [0.1, 0.15) is 0 Å². The van der Waals surface area contributed by atoms with Crippen LogP contribution in [0.15, 0.2) is 78.9 Å². The topological polar surface area (TPSA) is 26.3 Å². The van der Waals surface area contributed by atoms with Crippen LogP contribution in [0.3, 0.4) is 0 Å². The third kappa shape index (κ3) is 5.84. The molecule has 0 aliphatic rings. The molecular weight excluding hydrogens is 368 g/mol. The van der Waals surface area contributed by atoms with E-state index in [0.29, 0.717) is 12.2 Å². The fourth-order valence-corrected chi connectivity index (χ4v) is 3.34. The molecule has 0 unspecified atom stereocenters. The molecule has 3 rings (SSSR count). The molecular formula is C28H28O2. The monoisotopic (exact) mass is 396 g/mol. The van der Waals surface area contributed by atoms with E-state index in [9.17, 15) is 4.79 Å². The van der Waals surface area contributed by atoms with Gasteiger partial charge in [-0.25, -0.2) is 4.79 Å². The molecule has 0 N–H and O–H groups in total. The van der Waals surface area contributed by atoms with Crippen molar-refractivity contribution < 1.29 is 9.53 Å². The summed E-state index contributed by atoms with van der Waals surface area (Å²) < 4.78 is 5.05. The van der Waals surface area contributed by atoms with Gasteiger partial charge in [0, 0.05) is 11.5 Å². The van der Waals surface area contributed by atoms with E-state index in [2.05, 4.69) is 43.0 Å². The molecule has 0 aromatic heterocycles. The van der Waals surface area contributed by atoms with Crippen LogP contribution in [-0.4, -0.2) is 12.6 Å². The van der Waals surface area contributed by atoms with E-state index < -0.39 is 0 Å². The van der Waals surface area contributed by atoms with Crippen LogP contribution < -0.4 is 0 Å². The molecule has 0 amide bonds. The summed E-state index contributed by atoms with van der Waals surface area (Å²) >= 11 is 0. The normalized spacial score (nSPS) is 11.3. The van der Waals surface area contributed by atoms with Crippen molar-refractivity contribution in [2.45, 2.75) is 39.0 Å². The van der Waals surface area contributed by atoms with Gasteiger partial charge in [-0.15, -0.1) is 0 Å². The maximum atomic E-state index is 11.8. The Labute approximate surface area is 179 Å². The molecule has 0 radical (unpaired) electrons. The summed E-state index contributed by atoms with van der Waals surface area (Å²) in [6.07, 6.45) is 3.38. The Morgan fingerprint density at radius 2 is 1.50 bits per heavy atom. The van der Waals surface area contributed by atoms with Crippen molar-refractivity contribution in [1.29, 1.82) is 0 Å². The highest BCUT2D eigenvalue weighted by Crippen LogP contribution is 2.26. The van der Waals surface area contributed by atoms with E-state index in [1.807, 2.05) is 61.5 Å². The average Bonchev–Trinajstić information content (AvgIpc) is 2.80. The maximum absolute atomic E-state index is 11.8. The predicted molar refractivity (Wildman–Crippen MR) is 123 cm³/mol. The summed E-state index contributed by atoms with van der Waals surface area (Å²) in [5.41, 5.74) is 5.08. The van der Waals surface area contributed by atoms with Crippen molar-refractivity contribution in [3.8, 4) is 23.0 Å². The van der Waals surface area contributed by atoms with Crippen molar-refractivity contribution in [1.82, 2.24) is 0 Å². The Kier molecular flexibility index (Phi) is 7.86. The molecule has 0 saturated heterocycles. The lowest BCUT2D eigenvalue weighted by molar-refractivity contribution is 0.0526. The lowest BCUT2D eigenvalue weighted by Gasteiger charge is -2.12. The predicted octanol–water partition coefficient (Wildman–Crippen LogP) is 6.86. The zero-order valence-electron chi connectivity index (χ0n) is 17.7. The van der Waals surface area contributed by atoms with Gasteiger partial charge in [-0.05, 0) is 54.3 Å². The molecule has 0 saturated carbocycles. The van der Waals surface area contributed by atoms with E-state index in [0.717, 1.165) is 36.0 Å². The lowest BCUT2D eigenvalue weighted by Crippen LogP contribution is -2.04. The molecule has 2 nitrogen and oxygen atoms in total. The van der Waals surface area contributed by atoms with Gasteiger partial charge >= 0.3 is 5.97 Å². The second kappa shape index (κ2) is 11.0. The molecule has 3 aromatic rings. The fraction of sp³-hybridized carbons (Fsp3) is 0.250. The highest BCUT2D eigenvalue weighted by Gasteiger charge is 2.10. The standard InChI is InChI=1S/C28H28O2/c1-3-5-11-23(13-12-22-9-7-6-8-10-22)24-14-16-25(17-15-24)26-18-20-27(21-19-26)28(29)30-4-2/h6-10,14-21,23H,3-5,11H2,1-2H3/t23-/m0/s1. The fourth-order valence-electron chi connectivity index (χ4n) is 3.34. The second-order valence-electron chi connectivity index (χ2n) is 7.25. The number of benzene rings is 3. The summed E-state index contributed by atoms with van der Waals surface area (Å²) in [4.78, 5) is 11.8. The molecule has 0 aliphatic carbocycles. The molecule has 0 fully saturated rings. The van der Waals surface area contributed by atoms with Crippen LogP contribution >= 0.6 is 0 Å². The van der Waals surface area contributed by atoms with Crippen LogP contribution in [-0.2, 0) is 4.74 Å². The lowest BCUT2D eigenvalue weighted by atomic mass is 9.92. The number of carbonyl (C=O) groups excluding carboxylic acids is 1.